The van der Waals surface area contributed by atoms with E-state index >= 15 is 0 Å². The van der Waals surface area contributed by atoms with Crippen molar-refractivity contribution in [2.45, 2.75) is 20.0 Å². The molecule has 1 aromatic heterocycles. The van der Waals surface area contributed by atoms with E-state index in [9.17, 15) is 4.39 Å². The van der Waals surface area contributed by atoms with Crippen LogP contribution in [-0.4, -0.2) is 21.1 Å². The van der Waals surface area contributed by atoms with Crippen molar-refractivity contribution in [3.05, 3.63) is 34.3 Å². The summed E-state index contributed by atoms with van der Waals surface area (Å²) in [6.45, 7) is 3.62. The predicted octanol–water partition coefficient (Wildman–Crippen LogP) is 3.90. The molecular weight excluding hydrogens is 308 g/mol. The molecule has 0 aliphatic heterocycles. The molecule has 5 nitrogen and oxygen atoms in total. The van der Waals surface area contributed by atoms with E-state index in [1.807, 2.05) is 13.8 Å². The van der Waals surface area contributed by atoms with Gasteiger partial charge in [-0.05, 0) is 37.6 Å². The van der Waals surface area contributed by atoms with Crippen LogP contribution < -0.4 is 9.47 Å². The van der Waals surface area contributed by atoms with Crippen molar-refractivity contribution in [3.8, 4) is 17.8 Å². The summed E-state index contributed by atoms with van der Waals surface area (Å²) in [5.74, 6) is -0.423. The van der Waals surface area contributed by atoms with Crippen molar-refractivity contribution >= 4 is 23.2 Å². The fourth-order valence-corrected chi connectivity index (χ4v) is 1.53. The molecule has 0 bridgehead atoms. The Balaban J connectivity index is 2.24. The largest absolute Gasteiger partial charge is 0.461 e. The zero-order valence-corrected chi connectivity index (χ0v) is 12.1. The Kier molecular flexibility index (Phi) is 4.57. The summed E-state index contributed by atoms with van der Waals surface area (Å²) in [4.78, 5) is 11.5. The molecule has 0 spiro atoms. The van der Waals surface area contributed by atoms with Crippen molar-refractivity contribution in [2.75, 3.05) is 0 Å². The molecule has 0 saturated heterocycles. The summed E-state index contributed by atoms with van der Waals surface area (Å²) >= 11 is 11.3. The van der Waals surface area contributed by atoms with Gasteiger partial charge in [0.25, 0.3) is 0 Å². The van der Waals surface area contributed by atoms with E-state index in [4.69, 9.17) is 32.7 Å². The molecule has 0 aliphatic carbocycles. The van der Waals surface area contributed by atoms with Gasteiger partial charge in [-0.3, -0.25) is 0 Å². The van der Waals surface area contributed by atoms with Crippen LogP contribution in [0.15, 0.2) is 18.2 Å². The van der Waals surface area contributed by atoms with E-state index in [1.54, 1.807) is 0 Å². The van der Waals surface area contributed by atoms with Crippen LogP contribution in [0, 0.1) is 5.82 Å². The first-order valence-electron chi connectivity index (χ1n) is 5.65. The number of hydrogen-bond acceptors (Lipinski definition) is 5. The van der Waals surface area contributed by atoms with Gasteiger partial charge in [-0.15, -0.1) is 4.98 Å². The smallest absolute Gasteiger partial charge is 0.329 e. The summed E-state index contributed by atoms with van der Waals surface area (Å²) in [6.07, 6.45) is -0.130. The maximum absolute atomic E-state index is 13.3. The lowest BCUT2D eigenvalue weighted by molar-refractivity contribution is 0.218. The lowest BCUT2D eigenvalue weighted by Gasteiger charge is -2.09. The number of rotatable bonds is 4. The molecular formula is C12H10Cl2FN3O2. The van der Waals surface area contributed by atoms with Gasteiger partial charge in [-0.2, -0.15) is 9.97 Å². The molecule has 0 N–H and O–H groups in total. The van der Waals surface area contributed by atoms with Gasteiger partial charge in [0.15, 0.2) is 0 Å². The van der Waals surface area contributed by atoms with Crippen molar-refractivity contribution in [1.29, 1.82) is 0 Å². The number of aromatic nitrogens is 3. The Morgan fingerprint density at radius 1 is 1.10 bits per heavy atom. The molecule has 1 aromatic carbocycles. The van der Waals surface area contributed by atoms with E-state index in [-0.39, 0.29) is 34.2 Å². The Hall–Kier alpha value is -1.66. The van der Waals surface area contributed by atoms with Gasteiger partial charge in [0.05, 0.1) is 11.1 Å². The lowest BCUT2D eigenvalue weighted by atomic mass is 10.3. The second kappa shape index (κ2) is 6.19. The lowest BCUT2D eigenvalue weighted by Crippen LogP contribution is -2.09. The molecule has 0 saturated carbocycles. The monoisotopic (exact) mass is 317 g/mol. The molecule has 0 amide bonds. The molecule has 0 fully saturated rings. The standard InChI is InChI=1S/C12H10Cl2FN3O2/c1-6(2)19-11-16-10(14)17-12(18-11)20-7-3-4-8(13)9(15)5-7/h3-6H,1-2H3. The highest BCUT2D eigenvalue weighted by Crippen LogP contribution is 2.24. The van der Waals surface area contributed by atoms with Crippen LogP contribution in [0.5, 0.6) is 17.8 Å². The average molecular weight is 318 g/mol. The highest BCUT2D eigenvalue weighted by atomic mass is 35.5. The van der Waals surface area contributed by atoms with E-state index in [2.05, 4.69) is 15.0 Å². The fraction of sp³-hybridized carbons (Fsp3) is 0.250. The number of halogens is 3. The SMILES string of the molecule is CC(C)Oc1nc(Cl)nc(Oc2ccc(Cl)c(F)c2)n1. The summed E-state index contributed by atoms with van der Waals surface area (Å²) in [5, 5.41) is -0.0880. The van der Waals surface area contributed by atoms with Crippen molar-refractivity contribution in [3.63, 3.8) is 0 Å². The van der Waals surface area contributed by atoms with E-state index in [0.717, 1.165) is 6.07 Å². The van der Waals surface area contributed by atoms with Gasteiger partial charge in [0.2, 0.25) is 5.28 Å². The van der Waals surface area contributed by atoms with Gasteiger partial charge < -0.3 is 9.47 Å². The second-order valence-electron chi connectivity index (χ2n) is 4.01. The summed E-state index contributed by atoms with van der Waals surface area (Å²) in [5.41, 5.74) is 0. The molecule has 1 heterocycles. The molecule has 0 unspecified atom stereocenters. The van der Waals surface area contributed by atoms with E-state index < -0.39 is 5.82 Å². The van der Waals surface area contributed by atoms with Crippen LogP contribution >= 0.6 is 23.2 Å². The first kappa shape index (κ1) is 14.7. The Labute approximate surface area is 124 Å². The normalized spacial score (nSPS) is 10.7. The fourth-order valence-electron chi connectivity index (χ4n) is 1.27. The zero-order valence-electron chi connectivity index (χ0n) is 10.6. The van der Waals surface area contributed by atoms with E-state index in [0.29, 0.717) is 0 Å². The van der Waals surface area contributed by atoms with Crippen LogP contribution in [0.25, 0.3) is 0 Å². The van der Waals surface area contributed by atoms with Crippen LogP contribution in [0.1, 0.15) is 13.8 Å². The minimum atomic E-state index is -0.608. The minimum Gasteiger partial charge on any atom is -0.461 e. The second-order valence-corrected chi connectivity index (χ2v) is 4.76. The van der Waals surface area contributed by atoms with Crippen LogP contribution in [0.3, 0.4) is 0 Å². The molecule has 0 aliphatic rings. The van der Waals surface area contributed by atoms with Gasteiger partial charge >= 0.3 is 12.0 Å². The summed E-state index contributed by atoms with van der Waals surface area (Å²) < 4.78 is 23.9. The highest BCUT2D eigenvalue weighted by molar-refractivity contribution is 6.30. The molecule has 2 aromatic rings. The number of benzene rings is 1. The molecule has 0 atom stereocenters. The molecule has 106 valence electrons. The Morgan fingerprint density at radius 2 is 1.80 bits per heavy atom. The predicted molar refractivity (Wildman–Crippen MR) is 72.1 cm³/mol. The van der Waals surface area contributed by atoms with Crippen molar-refractivity contribution in [2.24, 2.45) is 0 Å². The van der Waals surface area contributed by atoms with Crippen LogP contribution in [-0.2, 0) is 0 Å². The van der Waals surface area contributed by atoms with E-state index in [1.165, 1.54) is 12.1 Å². The first-order valence-corrected chi connectivity index (χ1v) is 6.41. The number of hydrogen-bond donors (Lipinski definition) is 0. The van der Waals surface area contributed by atoms with Gasteiger partial charge in [0, 0.05) is 6.07 Å². The molecule has 2 rings (SSSR count). The zero-order chi connectivity index (χ0) is 14.7. The summed E-state index contributed by atoms with van der Waals surface area (Å²) in [6, 6.07) is 3.89. The third kappa shape index (κ3) is 3.91. The molecule has 8 heteroatoms. The quantitative estimate of drug-likeness (QED) is 0.856. The number of nitrogens with zero attached hydrogens (tertiary/aromatic N) is 3. The maximum atomic E-state index is 13.3. The van der Waals surface area contributed by atoms with Crippen LogP contribution in [0.4, 0.5) is 4.39 Å². The van der Waals surface area contributed by atoms with Gasteiger partial charge in [-0.25, -0.2) is 4.39 Å². The highest BCUT2D eigenvalue weighted by Gasteiger charge is 2.10. The van der Waals surface area contributed by atoms with Crippen LogP contribution in [0.2, 0.25) is 10.3 Å². The van der Waals surface area contributed by atoms with Gasteiger partial charge in [-0.1, -0.05) is 11.6 Å². The Bertz CT molecular complexity index is 626. The topological polar surface area (TPSA) is 57.1 Å². The summed E-state index contributed by atoms with van der Waals surface area (Å²) in [7, 11) is 0. The first-order chi connectivity index (χ1) is 9.44. The number of ether oxygens (including phenoxy) is 2. The third-order valence-electron chi connectivity index (χ3n) is 2.01. The molecule has 20 heavy (non-hydrogen) atoms. The minimum absolute atomic E-state index is 0.00476. The van der Waals surface area contributed by atoms with Gasteiger partial charge in [0.1, 0.15) is 11.6 Å². The average Bonchev–Trinajstić information content (AvgIpc) is 2.32. The van der Waals surface area contributed by atoms with Crippen molar-refractivity contribution in [1.82, 2.24) is 15.0 Å². The van der Waals surface area contributed by atoms with Crippen molar-refractivity contribution < 1.29 is 13.9 Å². The maximum Gasteiger partial charge on any atom is 0.329 e. The Morgan fingerprint density at radius 3 is 2.45 bits per heavy atom. The third-order valence-corrected chi connectivity index (χ3v) is 2.48. The molecule has 0 radical (unpaired) electrons.